The predicted octanol–water partition coefficient (Wildman–Crippen LogP) is 2.85. The number of alkyl halides is 1. The molecule has 164 valence electrons. The molecule has 9 atom stereocenters. The molecule has 3 saturated carbocycles. The summed E-state index contributed by atoms with van der Waals surface area (Å²) in [4.78, 5) is 36.3. The molecule has 0 amide bonds. The van der Waals surface area contributed by atoms with Gasteiger partial charge in [0.15, 0.2) is 5.78 Å². The number of aliphatic hydroxyl groups excluding tert-OH is 1. The molecule has 4 aliphatic rings. The molecule has 4 aliphatic carbocycles. The molecule has 0 unspecified atom stereocenters. The lowest BCUT2D eigenvalue weighted by Crippen LogP contribution is -2.64. The first-order chi connectivity index (χ1) is 13.9. The van der Waals surface area contributed by atoms with Gasteiger partial charge in [0.1, 0.15) is 6.17 Å². The van der Waals surface area contributed by atoms with Gasteiger partial charge in [-0.1, -0.05) is 26.8 Å². The number of aliphatic hydroxyl groups is 1. The fourth-order valence-electron chi connectivity index (χ4n) is 7.60. The standard InChI is InChI=1S/C23H29FO6/c1-11-7-15-14-9-17(24)16-8-13(26)5-6-21(16,3)19(14)18(27)10-22(15,4)23(11,20(28)29)30-12(2)25/h5-6,8,11,14-15,17-19,27H,7,9-10H2,1-4H3,(H,28,29)/t11-,14-,15-,17-,18-,19+,21-,22-,23-/m0/s1. The van der Waals surface area contributed by atoms with Gasteiger partial charge >= 0.3 is 11.9 Å². The molecule has 0 spiro atoms. The highest BCUT2D eigenvalue weighted by atomic mass is 19.1. The van der Waals surface area contributed by atoms with Crippen LogP contribution in [0.5, 0.6) is 0 Å². The zero-order valence-corrected chi connectivity index (χ0v) is 17.7. The molecule has 0 aromatic rings. The van der Waals surface area contributed by atoms with Gasteiger partial charge in [0.2, 0.25) is 5.60 Å². The molecule has 7 heteroatoms. The van der Waals surface area contributed by atoms with Crippen LogP contribution in [-0.2, 0) is 19.1 Å². The third-order valence-electron chi connectivity index (χ3n) is 8.64. The third kappa shape index (κ3) is 2.47. The molecule has 0 aliphatic heterocycles. The quantitative estimate of drug-likeness (QED) is 0.667. The summed E-state index contributed by atoms with van der Waals surface area (Å²) < 4.78 is 20.9. The number of halogens is 1. The van der Waals surface area contributed by atoms with Crippen LogP contribution >= 0.6 is 0 Å². The normalized spacial score (nSPS) is 49.5. The lowest BCUT2D eigenvalue weighted by molar-refractivity contribution is -0.214. The predicted molar refractivity (Wildman–Crippen MR) is 105 cm³/mol. The maximum Gasteiger partial charge on any atom is 0.349 e. The van der Waals surface area contributed by atoms with Gasteiger partial charge in [-0.3, -0.25) is 9.59 Å². The van der Waals surface area contributed by atoms with E-state index in [-0.39, 0.29) is 36.4 Å². The van der Waals surface area contributed by atoms with Gasteiger partial charge in [0, 0.05) is 29.6 Å². The molecule has 0 saturated heterocycles. The number of ketones is 1. The number of allylic oxidation sites excluding steroid dienone is 4. The van der Waals surface area contributed by atoms with E-state index < -0.39 is 46.6 Å². The molecule has 0 heterocycles. The van der Waals surface area contributed by atoms with Gasteiger partial charge < -0.3 is 14.9 Å². The second kappa shape index (κ2) is 6.49. The van der Waals surface area contributed by atoms with Gasteiger partial charge in [0.05, 0.1) is 6.10 Å². The van der Waals surface area contributed by atoms with Crippen molar-refractivity contribution < 1.29 is 33.7 Å². The van der Waals surface area contributed by atoms with E-state index in [4.69, 9.17) is 4.74 Å². The second-order valence-corrected chi connectivity index (χ2v) is 10.1. The highest BCUT2D eigenvalue weighted by Gasteiger charge is 2.74. The van der Waals surface area contributed by atoms with Crippen LogP contribution in [0.1, 0.15) is 47.0 Å². The largest absolute Gasteiger partial charge is 0.478 e. The molecule has 30 heavy (non-hydrogen) atoms. The average Bonchev–Trinajstić information content (AvgIpc) is 2.84. The zero-order chi connectivity index (χ0) is 22.2. The molecular formula is C23H29FO6. The van der Waals surface area contributed by atoms with Gasteiger partial charge in [-0.05, 0) is 48.8 Å². The van der Waals surface area contributed by atoms with Crippen LogP contribution in [0.3, 0.4) is 0 Å². The van der Waals surface area contributed by atoms with Crippen molar-refractivity contribution in [3.05, 3.63) is 23.8 Å². The Kier molecular flexibility index (Phi) is 4.59. The summed E-state index contributed by atoms with van der Waals surface area (Å²) in [5.74, 6) is -3.51. The van der Waals surface area contributed by atoms with Crippen LogP contribution in [0.15, 0.2) is 23.8 Å². The Morgan fingerprint density at radius 3 is 2.53 bits per heavy atom. The van der Waals surface area contributed by atoms with E-state index in [1.165, 1.54) is 19.1 Å². The van der Waals surface area contributed by atoms with E-state index in [0.717, 1.165) is 0 Å². The number of carbonyl (C=O) groups excluding carboxylic acids is 2. The highest BCUT2D eigenvalue weighted by molar-refractivity contribution is 6.01. The van der Waals surface area contributed by atoms with Gasteiger partial charge in [-0.15, -0.1) is 0 Å². The minimum atomic E-state index is -1.77. The topological polar surface area (TPSA) is 101 Å². The lowest BCUT2D eigenvalue weighted by atomic mass is 9.46. The van der Waals surface area contributed by atoms with Gasteiger partial charge in [0.25, 0.3) is 0 Å². The average molecular weight is 420 g/mol. The summed E-state index contributed by atoms with van der Waals surface area (Å²) in [6.45, 7) is 6.56. The number of aliphatic carboxylic acids is 1. The smallest absolute Gasteiger partial charge is 0.349 e. The number of carboxylic acid groups (broad SMARTS) is 1. The number of ether oxygens (including phenoxy) is 1. The summed E-state index contributed by atoms with van der Waals surface area (Å²) in [6.07, 6.45) is 2.93. The lowest BCUT2D eigenvalue weighted by Gasteiger charge is -2.60. The molecule has 0 radical (unpaired) electrons. The Bertz CT molecular complexity index is 879. The van der Waals surface area contributed by atoms with Crippen LogP contribution in [-0.4, -0.2) is 45.8 Å². The van der Waals surface area contributed by atoms with E-state index in [0.29, 0.717) is 12.0 Å². The highest BCUT2D eigenvalue weighted by Crippen LogP contribution is 2.69. The van der Waals surface area contributed by atoms with Crippen molar-refractivity contribution in [2.24, 2.45) is 34.5 Å². The first-order valence-corrected chi connectivity index (χ1v) is 10.6. The van der Waals surface area contributed by atoms with Crippen molar-refractivity contribution in [2.75, 3.05) is 0 Å². The molecule has 0 aromatic heterocycles. The minimum Gasteiger partial charge on any atom is -0.478 e. The van der Waals surface area contributed by atoms with E-state index >= 15 is 4.39 Å². The van der Waals surface area contributed by atoms with Crippen LogP contribution in [0.4, 0.5) is 4.39 Å². The van der Waals surface area contributed by atoms with Crippen molar-refractivity contribution in [2.45, 2.75) is 64.8 Å². The maximum atomic E-state index is 15.3. The number of rotatable bonds is 2. The van der Waals surface area contributed by atoms with Crippen LogP contribution in [0.2, 0.25) is 0 Å². The minimum absolute atomic E-state index is 0.118. The SMILES string of the molecule is CC(=O)O[C@]1(C(=O)O)[C@@H](C)C[C@H]2[C@@H]3C[C@H](F)C4=CC(=O)C=C[C@]4(C)[C@H]3[C@@H](O)C[C@@]21C. The molecule has 3 fully saturated rings. The Hall–Kier alpha value is -2.02. The summed E-state index contributed by atoms with van der Waals surface area (Å²) in [7, 11) is 0. The van der Waals surface area contributed by atoms with Crippen LogP contribution in [0.25, 0.3) is 0 Å². The Balaban J connectivity index is 1.83. The fraction of sp³-hybridized carbons (Fsp3) is 0.696. The zero-order valence-electron chi connectivity index (χ0n) is 17.7. The van der Waals surface area contributed by atoms with Crippen molar-refractivity contribution in [3.8, 4) is 0 Å². The summed E-state index contributed by atoms with van der Waals surface area (Å²) in [5.41, 5.74) is -3.21. The van der Waals surface area contributed by atoms with Gasteiger partial charge in [-0.25, -0.2) is 9.18 Å². The van der Waals surface area contributed by atoms with Crippen molar-refractivity contribution in [1.82, 2.24) is 0 Å². The number of hydrogen-bond acceptors (Lipinski definition) is 5. The summed E-state index contributed by atoms with van der Waals surface area (Å²) >= 11 is 0. The Morgan fingerprint density at radius 2 is 1.93 bits per heavy atom. The van der Waals surface area contributed by atoms with E-state index in [1.54, 1.807) is 19.9 Å². The van der Waals surface area contributed by atoms with Crippen LogP contribution in [0, 0.1) is 34.5 Å². The Labute approximate surface area is 175 Å². The molecule has 2 N–H and O–H groups in total. The number of fused-ring (bicyclic) bond motifs is 5. The second-order valence-electron chi connectivity index (χ2n) is 10.1. The third-order valence-corrected chi connectivity index (χ3v) is 8.64. The fourth-order valence-corrected chi connectivity index (χ4v) is 7.60. The molecule has 0 aromatic carbocycles. The first kappa shape index (κ1) is 21.2. The number of esters is 1. The van der Waals surface area contributed by atoms with E-state index in [1.807, 2.05) is 6.92 Å². The first-order valence-electron chi connectivity index (χ1n) is 10.6. The monoisotopic (exact) mass is 420 g/mol. The number of carbonyl (C=O) groups is 3. The van der Waals surface area contributed by atoms with Crippen molar-refractivity contribution in [1.29, 1.82) is 0 Å². The van der Waals surface area contributed by atoms with Crippen molar-refractivity contribution in [3.63, 3.8) is 0 Å². The molecule has 6 nitrogen and oxygen atoms in total. The number of carboxylic acids is 1. The Morgan fingerprint density at radius 1 is 1.27 bits per heavy atom. The molecule has 0 bridgehead atoms. The number of hydrogen-bond donors (Lipinski definition) is 2. The maximum absolute atomic E-state index is 15.3. The van der Waals surface area contributed by atoms with E-state index in [9.17, 15) is 24.6 Å². The van der Waals surface area contributed by atoms with Gasteiger partial charge in [-0.2, -0.15) is 0 Å². The van der Waals surface area contributed by atoms with E-state index in [2.05, 4.69) is 0 Å². The molecular weight excluding hydrogens is 391 g/mol. The summed E-state index contributed by atoms with van der Waals surface area (Å²) in [6, 6.07) is 0. The molecule has 4 rings (SSSR count). The van der Waals surface area contributed by atoms with Crippen LogP contribution < -0.4 is 0 Å². The summed E-state index contributed by atoms with van der Waals surface area (Å²) in [5, 5.41) is 21.5. The van der Waals surface area contributed by atoms with Crippen molar-refractivity contribution >= 4 is 17.7 Å².